The van der Waals surface area contributed by atoms with Gasteiger partial charge in [-0.2, -0.15) is 0 Å². The number of hydrogen-bond acceptors (Lipinski definition) is 3. The van der Waals surface area contributed by atoms with E-state index in [1.807, 2.05) is 0 Å². The lowest BCUT2D eigenvalue weighted by Gasteiger charge is -2.13. The molecule has 0 aromatic carbocycles. The first-order valence-electron chi connectivity index (χ1n) is 8.82. The Labute approximate surface area is 130 Å². The van der Waals surface area contributed by atoms with Gasteiger partial charge in [-0.3, -0.25) is 5.32 Å². The smallest absolute Gasteiger partial charge is 0.409 e. The van der Waals surface area contributed by atoms with Crippen LogP contribution in [0.4, 0.5) is 4.79 Å². The van der Waals surface area contributed by atoms with E-state index in [1.165, 1.54) is 44.9 Å². The Balaban J connectivity index is 3.35. The van der Waals surface area contributed by atoms with Crippen LogP contribution < -0.4 is 5.32 Å². The van der Waals surface area contributed by atoms with E-state index in [-0.39, 0.29) is 0 Å². The largest absolute Gasteiger partial charge is 0.450 e. The highest BCUT2D eigenvalue weighted by Crippen LogP contribution is 2.07. The van der Waals surface area contributed by atoms with Crippen LogP contribution in [-0.2, 0) is 4.74 Å². The van der Waals surface area contributed by atoms with Gasteiger partial charge in [0.1, 0.15) is 6.23 Å². The molecular formula is C17H35NO3. The second-order valence-corrected chi connectivity index (χ2v) is 5.77. The van der Waals surface area contributed by atoms with Gasteiger partial charge in [-0.05, 0) is 19.3 Å². The highest BCUT2D eigenvalue weighted by atomic mass is 16.5. The predicted octanol–water partition coefficient (Wildman–Crippen LogP) is 4.75. The predicted molar refractivity (Wildman–Crippen MR) is 87.2 cm³/mol. The topological polar surface area (TPSA) is 58.6 Å². The molecule has 4 nitrogen and oxygen atoms in total. The molecule has 2 N–H and O–H groups in total. The first kappa shape index (κ1) is 20.2. The lowest BCUT2D eigenvalue weighted by atomic mass is 10.1. The molecule has 1 atom stereocenters. The molecule has 126 valence electrons. The van der Waals surface area contributed by atoms with Crippen molar-refractivity contribution in [2.24, 2.45) is 0 Å². The van der Waals surface area contributed by atoms with Crippen LogP contribution in [0.3, 0.4) is 0 Å². The van der Waals surface area contributed by atoms with Crippen LogP contribution in [0.5, 0.6) is 0 Å². The van der Waals surface area contributed by atoms with Crippen molar-refractivity contribution in [1.82, 2.24) is 5.32 Å². The van der Waals surface area contributed by atoms with Gasteiger partial charge in [0.25, 0.3) is 0 Å². The summed E-state index contributed by atoms with van der Waals surface area (Å²) in [5.74, 6) is 0. The molecule has 0 aromatic heterocycles. The number of alkyl carbamates (subject to hydrolysis) is 1. The number of unbranched alkanes of at least 4 members (excludes halogenated alkanes) is 9. The van der Waals surface area contributed by atoms with Gasteiger partial charge in [0.05, 0.1) is 6.61 Å². The van der Waals surface area contributed by atoms with Crippen LogP contribution in [0.2, 0.25) is 0 Å². The lowest BCUT2D eigenvalue weighted by Crippen LogP contribution is -2.35. The van der Waals surface area contributed by atoms with Gasteiger partial charge in [0.15, 0.2) is 0 Å². The summed E-state index contributed by atoms with van der Waals surface area (Å²) in [6, 6.07) is 0. The van der Waals surface area contributed by atoms with Crippen LogP contribution in [0.1, 0.15) is 90.9 Å². The first-order chi connectivity index (χ1) is 10.2. The Kier molecular flexibility index (Phi) is 15.0. The van der Waals surface area contributed by atoms with E-state index in [0.717, 1.165) is 25.7 Å². The Morgan fingerprint density at radius 2 is 1.43 bits per heavy atom. The molecule has 4 heteroatoms. The third-order valence-electron chi connectivity index (χ3n) is 3.60. The van der Waals surface area contributed by atoms with E-state index in [0.29, 0.717) is 13.0 Å². The zero-order valence-electron chi connectivity index (χ0n) is 14.0. The highest BCUT2D eigenvalue weighted by Gasteiger charge is 2.08. The number of aliphatic hydroxyl groups excluding tert-OH is 1. The van der Waals surface area contributed by atoms with Gasteiger partial charge in [-0.25, -0.2) is 4.79 Å². The summed E-state index contributed by atoms with van der Waals surface area (Å²) in [5, 5.41) is 12.1. The quantitative estimate of drug-likeness (QED) is 0.359. The fourth-order valence-electron chi connectivity index (χ4n) is 2.24. The zero-order valence-corrected chi connectivity index (χ0v) is 14.0. The summed E-state index contributed by atoms with van der Waals surface area (Å²) in [5.41, 5.74) is 0. The summed E-state index contributed by atoms with van der Waals surface area (Å²) in [6.07, 6.45) is 12.1. The molecule has 0 rings (SSSR count). The molecule has 0 spiro atoms. The van der Waals surface area contributed by atoms with Crippen molar-refractivity contribution in [3.8, 4) is 0 Å². The monoisotopic (exact) mass is 301 g/mol. The summed E-state index contributed by atoms with van der Waals surface area (Å²) in [7, 11) is 0. The van der Waals surface area contributed by atoms with Crippen LogP contribution in [0.25, 0.3) is 0 Å². The van der Waals surface area contributed by atoms with E-state index in [1.54, 1.807) is 0 Å². The first-order valence-corrected chi connectivity index (χ1v) is 8.82. The minimum atomic E-state index is -0.774. The van der Waals surface area contributed by atoms with Crippen LogP contribution >= 0.6 is 0 Å². The van der Waals surface area contributed by atoms with E-state index in [2.05, 4.69) is 19.2 Å². The molecule has 0 aliphatic rings. The van der Waals surface area contributed by atoms with Crippen LogP contribution in [0.15, 0.2) is 0 Å². The van der Waals surface area contributed by atoms with Gasteiger partial charge < -0.3 is 9.84 Å². The molecule has 0 heterocycles. The van der Waals surface area contributed by atoms with Gasteiger partial charge in [-0.1, -0.05) is 71.6 Å². The summed E-state index contributed by atoms with van der Waals surface area (Å²) in [6.45, 7) is 4.82. The number of ether oxygens (including phenoxy) is 1. The van der Waals surface area contributed by atoms with Crippen molar-refractivity contribution >= 4 is 6.09 Å². The number of nitrogens with one attached hydrogen (secondary N) is 1. The van der Waals surface area contributed by atoms with E-state index in [4.69, 9.17) is 4.74 Å². The van der Waals surface area contributed by atoms with E-state index < -0.39 is 12.3 Å². The summed E-state index contributed by atoms with van der Waals surface area (Å²) in [4.78, 5) is 11.4. The minimum absolute atomic E-state index is 0.446. The second kappa shape index (κ2) is 15.6. The van der Waals surface area contributed by atoms with Gasteiger partial charge in [-0.15, -0.1) is 0 Å². The number of carbonyl (C=O) groups is 1. The Bertz CT molecular complexity index is 234. The van der Waals surface area contributed by atoms with Gasteiger partial charge >= 0.3 is 6.09 Å². The third-order valence-corrected chi connectivity index (χ3v) is 3.60. The van der Waals surface area contributed by atoms with Crippen molar-refractivity contribution in [3.05, 3.63) is 0 Å². The van der Waals surface area contributed by atoms with Crippen molar-refractivity contribution in [3.63, 3.8) is 0 Å². The number of amides is 1. The molecule has 0 aromatic rings. The standard InChI is InChI=1S/C17H35NO3/c1-3-5-7-9-11-13-15-21-17(20)18-16(19)14-12-10-8-6-4-2/h16,19H,3-15H2,1-2H3,(H,18,20). The van der Waals surface area contributed by atoms with Crippen molar-refractivity contribution in [2.45, 2.75) is 97.1 Å². The third kappa shape index (κ3) is 15.4. The molecule has 0 aliphatic carbocycles. The van der Waals surface area contributed by atoms with Crippen molar-refractivity contribution in [1.29, 1.82) is 0 Å². The Morgan fingerprint density at radius 1 is 0.905 bits per heavy atom. The van der Waals surface area contributed by atoms with E-state index >= 15 is 0 Å². The van der Waals surface area contributed by atoms with Gasteiger partial charge in [0, 0.05) is 0 Å². The van der Waals surface area contributed by atoms with Crippen LogP contribution in [-0.4, -0.2) is 24.0 Å². The molecule has 0 bridgehead atoms. The summed E-state index contributed by atoms with van der Waals surface area (Å²) < 4.78 is 5.05. The molecule has 0 radical (unpaired) electrons. The number of rotatable bonds is 14. The Morgan fingerprint density at radius 3 is 2.05 bits per heavy atom. The number of carbonyl (C=O) groups excluding carboxylic acids is 1. The number of hydrogen-bond donors (Lipinski definition) is 2. The maximum Gasteiger partial charge on any atom is 0.409 e. The van der Waals surface area contributed by atoms with Crippen LogP contribution in [0, 0.1) is 0 Å². The maximum absolute atomic E-state index is 11.4. The fraction of sp³-hybridized carbons (Fsp3) is 0.941. The molecular weight excluding hydrogens is 266 g/mol. The average molecular weight is 301 g/mol. The molecule has 21 heavy (non-hydrogen) atoms. The van der Waals surface area contributed by atoms with E-state index in [9.17, 15) is 9.90 Å². The highest BCUT2D eigenvalue weighted by molar-refractivity contribution is 5.67. The lowest BCUT2D eigenvalue weighted by molar-refractivity contribution is 0.0916. The molecule has 0 saturated carbocycles. The number of aliphatic hydroxyl groups is 1. The summed E-state index contributed by atoms with van der Waals surface area (Å²) >= 11 is 0. The average Bonchev–Trinajstić information content (AvgIpc) is 2.46. The molecule has 0 aliphatic heterocycles. The Hall–Kier alpha value is -0.770. The molecule has 0 fully saturated rings. The van der Waals surface area contributed by atoms with Crippen molar-refractivity contribution < 1.29 is 14.6 Å². The SMILES string of the molecule is CCCCCCCCOC(=O)NC(O)CCCCCCC. The second-order valence-electron chi connectivity index (χ2n) is 5.77. The van der Waals surface area contributed by atoms with Gasteiger partial charge in [0.2, 0.25) is 0 Å². The molecule has 1 amide bonds. The van der Waals surface area contributed by atoms with Crippen molar-refractivity contribution in [2.75, 3.05) is 6.61 Å². The zero-order chi connectivity index (χ0) is 15.8. The molecule has 0 saturated heterocycles. The molecule has 1 unspecified atom stereocenters. The maximum atomic E-state index is 11.4. The minimum Gasteiger partial charge on any atom is -0.450 e. The fourth-order valence-corrected chi connectivity index (χ4v) is 2.24. The normalized spacial score (nSPS) is 12.1.